The summed E-state index contributed by atoms with van der Waals surface area (Å²) in [5.41, 5.74) is 4.01. The lowest BCUT2D eigenvalue weighted by atomic mass is 9.80. The number of hydrogen-bond donors (Lipinski definition) is 2. The first-order valence-electron chi connectivity index (χ1n) is 8.13. The van der Waals surface area contributed by atoms with E-state index in [0.29, 0.717) is 13.0 Å². The average Bonchev–Trinajstić information content (AvgIpc) is 2.86. The van der Waals surface area contributed by atoms with Gasteiger partial charge in [-0.2, -0.15) is 10.5 Å². The zero-order valence-corrected chi connectivity index (χ0v) is 13.7. The molecular formula is C18H19N4O2+. The highest BCUT2D eigenvalue weighted by Crippen LogP contribution is 2.84. The van der Waals surface area contributed by atoms with Crippen LogP contribution >= 0.6 is 0 Å². The zero-order chi connectivity index (χ0) is 17.2. The Morgan fingerprint density at radius 1 is 1.29 bits per heavy atom. The SMILES string of the molecule is CC[C@]1(c2ccccc2)[C@]2(C#N)C(N)=[NH+][C@@]3(OC[C@H](C)O3)[C@@]21C#N. The Morgan fingerprint density at radius 2 is 2.00 bits per heavy atom. The highest BCUT2D eigenvalue weighted by atomic mass is 16.8. The van der Waals surface area contributed by atoms with Gasteiger partial charge < -0.3 is 9.47 Å². The van der Waals surface area contributed by atoms with Crippen LogP contribution in [-0.4, -0.2) is 24.5 Å². The lowest BCUT2D eigenvalue weighted by molar-refractivity contribution is -0.679. The van der Waals surface area contributed by atoms with Crippen LogP contribution in [0.5, 0.6) is 0 Å². The Balaban J connectivity index is 2.04. The van der Waals surface area contributed by atoms with E-state index in [1.807, 2.05) is 44.2 Å². The molecule has 6 heteroatoms. The number of nitriles is 2. The number of ether oxygens (including phenoxy) is 2. The molecule has 1 aromatic rings. The van der Waals surface area contributed by atoms with E-state index in [0.717, 1.165) is 5.56 Å². The van der Waals surface area contributed by atoms with Crippen molar-refractivity contribution in [3.8, 4) is 12.1 Å². The Morgan fingerprint density at radius 3 is 2.50 bits per heavy atom. The predicted octanol–water partition coefficient (Wildman–Crippen LogP) is -0.0915. The third-order valence-corrected chi connectivity index (χ3v) is 6.00. The lowest BCUT2D eigenvalue weighted by Gasteiger charge is -2.29. The second-order valence-electron chi connectivity index (χ2n) is 6.74. The van der Waals surface area contributed by atoms with Gasteiger partial charge in [-0.1, -0.05) is 37.3 Å². The third-order valence-electron chi connectivity index (χ3n) is 6.00. The van der Waals surface area contributed by atoms with Crippen LogP contribution in [0, 0.1) is 33.5 Å². The van der Waals surface area contributed by atoms with E-state index in [2.05, 4.69) is 17.1 Å². The van der Waals surface area contributed by atoms with Gasteiger partial charge in [0.05, 0.1) is 30.3 Å². The molecule has 0 unspecified atom stereocenters. The lowest BCUT2D eigenvalue weighted by Crippen LogP contribution is -2.90. The maximum absolute atomic E-state index is 10.3. The van der Waals surface area contributed by atoms with Crippen LogP contribution in [0.2, 0.25) is 0 Å². The summed E-state index contributed by atoms with van der Waals surface area (Å²) in [6, 6.07) is 14.4. The molecule has 2 heterocycles. The molecule has 2 fully saturated rings. The minimum atomic E-state index is -1.38. The largest absolute Gasteiger partial charge is 0.344 e. The minimum absolute atomic E-state index is 0.184. The average molecular weight is 323 g/mol. The van der Waals surface area contributed by atoms with E-state index in [1.165, 1.54) is 0 Å². The minimum Gasteiger partial charge on any atom is -0.311 e. The van der Waals surface area contributed by atoms with Gasteiger partial charge in [0.2, 0.25) is 0 Å². The molecule has 1 saturated heterocycles. The molecule has 1 aliphatic carbocycles. The fourth-order valence-corrected chi connectivity index (χ4v) is 5.18. The second kappa shape index (κ2) is 4.36. The van der Waals surface area contributed by atoms with Gasteiger partial charge in [-0.3, -0.25) is 5.73 Å². The maximum atomic E-state index is 10.3. The molecule has 3 aliphatic rings. The summed E-state index contributed by atoms with van der Waals surface area (Å²) in [6.45, 7) is 4.20. The van der Waals surface area contributed by atoms with Crippen LogP contribution in [0.25, 0.3) is 0 Å². The van der Waals surface area contributed by atoms with Crippen molar-refractivity contribution in [1.29, 1.82) is 10.5 Å². The first kappa shape index (κ1) is 15.1. The monoisotopic (exact) mass is 323 g/mol. The van der Waals surface area contributed by atoms with E-state index in [1.54, 1.807) is 0 Å². The Labute approximate surface area is 140 Å². The first-order valence-corrected chi connectivity index (χ1v) is 8.13. The van der Waals surface area contributed by atoms with Gasteiger partial charge in [-0.25, -0.2) is 4.99 Å². The molecule has 1 saturated carbocycles. The smallest absolute Gasteiger partial charge is 0.311 e. The number of rotatable bonds is 2. The van der Waals surface area contributed by atoms with Gasteiger partial charge in [-0.15, -0.1) is 0 Å². The summed E-state index contributed by atoms with van der Waals surface area (Å²) in [5.74, 6) is -1.13. The van der Waals surface area contributed by atoms with E-state index in [4.69, 9.17) is 15.2 Å². The zero-order valence-electron chi connectivity index (χ0n) is 13.7. The fraction of sp³-hybridized carbons (Fsp3) is 0.500. The highest BCUT2D eigenvalue weighted by molar-refractivity contribution is 5.97. The quantitative estimate of drug-likeness (QED) is 0.791. The third kappa shape index (κ3) is 1.15. The van der Waals surface area contributed by atoms with Crippen molar-refractivity contribution in [3.63, 3.8) is 0 Å². The molecule has 1 spiro atoms. The molecule has 0 aromatic heterocycles. The van der Waals surface area contributed by atoms with Gasteiger partial charge >= 0.3 is 5.91 Å². The van der Waals surface area contributed by atoms with E-state index in [9.17, 15) is 10.5 Å². The van der Waals surface area contributed by atoms with Crippen LogP contribution in [0.3, 0.4) is 0 Å². The van der Waals surface area contributed by atoms with Gasteiger partial charge in [0, 0.05) is 0 Å². The molecule has 0 bridgehead atoms. The van der Waals surface area contributed by atoms with Crippen LogP contribution in [0.15, 0.2) is 30.3 Å². The van der Waals surface area contributed by atoms with Crippen molar-refractivity contribution in [1.82, 2.24) is 0 Å². The summed E-state index contributed by atoms with van der Waals surface area (Å²) in [7, 11) is 0. The van der Waals surface area contributed by atoms with Crippen LogP contribution < -0.4 is 10.7 Å². The number of nitrogens with zero attached hydrogens (tertiary/aromatic N) is 2. The predicted molar refractivity (Wildman–Crippen MR) is 83.9 cm³/mol. The molecule has 6 nitrogen and oxygen atoms in total. The Bertz CT molecular complexity index is 826. The molecule has 4 rings (SSSR count). The van der Waals surface area contributed by atoms with Crippen LogP contribution in [-0.2, 0) is 14.9 Å². The van der Waals surface area contributed by atoms with E-state index in [-0.39, 0.29) is 11.9 Å². The number of nitrogens with two attached hydrogens (primary N) is 1. The first-order chi connectivity index (χ1) is 11.5. The van der Waals surface area contributed by atoms with Crippen LogP contribution in [0.1, 0.15) is 25.8 Å². The number of fused-ring (bicyclic) bond motifs is 2. The number of benzene rings is 1. The number of nitrogens with one attached hydrogen (secondary N) is 1. The molecule has 3 N–H and O–H groups in total. The molecule has 1 aromatic carbocycles. The summed E-state index contributed by atoms with van der Waals surface area (Å²) in [6.07, 6.45) is 0.388. The molecule has 0 amide bonds. The van der Waals surface area contributed by atoms with Crippen molar-refractivity contribution in [2.24, 2.45) is 16.6 Å². The van der Waals surface area contributed by atoms with Gasteiger partial charge in [0.1, 0.15) is 0 Å². The van der Waals surface area contributed by atoms with Crippen molar-refractivity contribution < 1.29 is 14.5 Å². The van der Waals surface area contributed by atoms with Crippen molar-refractivity contribution in [2.75, 3.05) is 6.61 Å². The summed E-state index contributed by atoms with van der Waals surface area (Å²) in [4.78, 5) is 3.01. The fourth-order valence-electron chi connectivity index (χ4n) is 5.18. The molecule has 0 radical (unpaired) electrons. The van der Waals surface area contributed by atoms with E-state index < -0.39 is 22.2 Å². The molecule has 5 atom stereocenters. The van der Waals surface area contributed by atoms with Crippen molar-refractivity contribution in [3.05, 3.63) is 35.9 Å². The Kier molecular flexibility index (Phi) is 2.75. The Hall–Kier alpha value is -2.41. The summed E-state index contributed by atoms with van der Waals surface area (Å²) < 4.78 is 12.0. The van der Waals surface area contributed by atoms with Gasteiger partial charge in [0.25, 0.3) is 5.84 Å². The van der Waals surface area contributed by atoms with Crippen molar-refractivity contribution in [2.45, 2.75) is 37.7 Å². The second-order valence-corrected chi connectivity index (χ2v) is 6.74. The number of amidine groups is 1. The van der Waals surface area contributed by atoms with Gasteiger partial charge in [0.15, 0.2) is 10.8 Å². The molecule has 24 heavy (non-hydrogen) atoms. The van der Waals surface area contributed by atoms with E-state index >= 15 is 0 Å². The molecule has 122 valence electrons. The molecular weight excluding hydrogens is 304 g/mol. The topological polar surface area (TPSA) is 106 Å². The van der Waals surface area contributed by atoms with Crippen molar-refractivity contribution >= 4 is 5.84 Å². The number of hydrogen-bond acceptors (Lipinski definition) is 5. The maximum Gasteiger partial charge on any atom is 0.344 e. The normalized spacial score (nSPS) is 45.3. The summed E-state index contributed by atoms with van der Waals surface area (Å²) >= 11 is 0. The standard InChI is InChI=1S/C18H18N4O2/c1-3-15(13-7-5-4-6-8-13)16(10-19)14(21)22-18(17(15,16)11-20)23-9-12(2)24-18/h4-8,12H,3,9H2,1-2H3,(H2,21,22)/p+1/t12-,15-,16-,17+,18+/m0/s1. The highest BCUT2D eigenvalue weighted by Gasteiger charge is 3.04. The summed E-state index contributed by atoms with van der Waals surface area (Å²) in [5, 5.41) is 20.4. The van der Waals surface area contributed by atoms with Gasteiger partial charge in [-0.05, 0) is 18.9 Å². The molecule has 2 aliphatic heterocycles. The van der Waals surface area contributed by atoms with Crippen LogP contribution in [0.4, 0.5) is 0 Å².